The lowest BCUT2D eigenvalue weighted by Crippen LogP contribution is -2.39. The molecule has 0 bridgehead atoms. The van der Waals surface area contributed by atoms with E-state index in [9.17, 15) is 0 Å². The number of nitrogens with zero attached hydrogens (tertiary/aromatic N) is 3. The van der Waals surface area contributed by atoms with Crippen LogP contribution in [0.5, 0.6) is 0 Å². The fraction of sp³-hybridized carbons (Fsp3) is 0.944. The molecule has 0 aromatic rings. The van der Waals surface area contributed by atoms with Crippen molar-refractivity contribution < 1.29 is 4.74 Å². The zero-order chi connectivity index (χ0) is 17.6. The van der Waals surface area contributed by atoms with Gasteiger partial charge in [0.15, 0.2) is 5.96 Å². The zero-order valence-corrected chi connectivity index (χ0v) is 16.3. The second-order valence-corrected chi connectivity index (χ2v) is 7.10. The van der Waals surface area contributed by atoms with Crippen molar-refractivity contribution in [3.05, 3.63) is 0 Å². The number of guanidine groups is 1. The van der Waals surface area contributed by atoms with Crippen molar-refractivity contribution in [2.75, 3.05) is 73.1 Å². The van der Waals surface area contributed by atoms with Gasteiger partial charge >= 0.3 is 0 Å². The highest BCUT2D eigenvalue weighted by atomic mass is 16.5. The van der Waals surface area contributed by atoms with E-state index in [4.69, 9.17) is 4.74 Å². The van der Waals surface area contributed by atoms with Crippen LogP contribution >= 0.6 is 0 Å². The fourth-order valence-electron chi connectivity index (χ4n) is 2.75. The number of nitrogens with one attached hydrogen (secondary N) is 2. The molecular weight excluding hydrogens is 302 g/mol. The number of hydrogen-bond acceptors (Lipinski definition) is 4. The zero-order valence-electron chi connectivity index (χ0n) is 16.3. The Morgan fingerprint density at radius 3 is 2.54 bits per heavy atom. The van der Waals surface area contributed by atoms with Gasteiger partial charge in [-0.25, -0.2) is 0 Å². The largest absolute Gasteiger partial charge is 0.381 e. The van der Waals surface area contributed by atoms with E-state index in [2.05, 4.69) is 46.3 Å². The monoisotopic (exact) mass is 341 g/mol. The van der Waals surface area contributed by atoms with E-state index < -0.39 is 0 Å². The summed E-state index contributed by atoms with van der Waals surface area (Å²) >= 11 is 0. The summed E-state index contributed by atoms with van der Waals surface area (Å²) < 4.78 is 5.58. The summed E-state index contributed by atoms with van der Waals surface area (Å²) in [4.78, 5) is 9.28. The molecule has 0 amide bonds. The molecule has 142 valence electrons. The molecule has 0 aromatic heterocycles. The third-order valence-corrected chi connectivity index (χ3v) is 4.19. The standard InChI is InChI=1S/C18H39N5O/c1-17(2)16-24-15-6-9-21-18(19-3)20-8-5-11-23-12-7-10-22(4)13-14-23/h17H,5-16H2,1-4H3,(H2,19,20,21). The molecule has 1 heterocycles. The normalized spacial score (nSPS) is 18.0. The van der Waals surface area contributed by atoms with Gasteiger partial charge in [-0.2, -0.15) is 0 Å². The van der Waals surface area contributed by atoms with Crippen LogP contribution in [-0.2, 0) is 4.74 Å². The molecule has 24 heavy (non-hydrogen) atoms. The molecule has 0 unspecified atom stereocenters. The summed E-state index contributed by atoms with van der Waals surface area (Å²) in [6.45, 7) is 13.9. The summed E-state index contributed by atoms with van der Waals surface area (Å²) in [5.74, 6) is 1.51. The predicted octanol–water partition coefficient (Wildman–Crippen LogP) is 1.24. The summed E-state index contributed by atoms with van der Waals surface area (Å²) in [6, 6.07) is 0. The quantitative estimate of drug-likeness (QED) is 0.356. The first-order chi connectivity index (χ1) is 11.6. The first-order valence-corrected chi connectivity index (χ1v) is 9.55. The summed E-state index contributed by atoms with van der Waals surface area (Å²) in [5.41, 5.74) is 0. The lowest BCUT2D eigenvalue weighted by atomic mass is 10.2. The molecule has 1 rings (SSSR count). The fourth-order valence-corrected chi connectivity index (χ4v) is 2.75. The van der Waals surface area contributed by atoms with Crippen LogP contribution in [0.25, 0.3) is 0 Å². The van der Waals surface area contributed by atoms with E-state index in [1.807, 2.05) is 7.05 Å². The maximum absolute atomic E-state index is 5.58. The number of likely N-dealkylation sites (N-methyl/N-ethyl adjacent to an activating group) is 1. The van der Waals surface area contributed by atoms with Crippen LogP contribution in [0, 0.1) is 5.92 Å². The Labute approximate surface area is 149 Å². The number of rotatable bonds is 10. The summed E-state index contributed by atoms with van der Waals surface area (Å²) in [7, 11) is 4.05. The summed E-state index contributed by atoms with van der Waals surface area (Å²) in [6.07, 6.45) is 3.45. The Hall–Kier alpha value is -0.850. The smallest absolute Gasteiger partial charge is 0.190 e. The maximum atomic E-state index is 5.58. The van der Waals surface area contributed by atoms with Crippen molar-refractivity contribution in [1.29, 1.82) is 0 Å². The van der Waals surface area contributed by atoms with Crippen molar-refractivity contribution in [2.45, 2.75) is 33.1 Å². The van der Waals surface area contributed by atoms with E-state index in [0.29, 0.717) is 5.92 Å². The Kier molecular flexibility index (Phi) is 11.9. The minimum Gasteiger partial charge on any atom is -0.381 e. The van der Waals surface area contributed by atoms with E-state index in [1.165, 1.54) is 39.1 Å². The van der Waals surface area contributed by atoms with Crippen molar-refractivity contribution in [3.63, 3.8) is 0 Å². The van der Waals surface area contributed by atoms with E-state index in [-0.39, 0.29) is 0 Å². The Morgan fingerprint density at radius 2 is 1.83 bits per heavy atom. The number of ether oxygens (including phenoxy) is 1. The lowest BCUT2D eigenvalue weighted by Gasteiger charge is -2.20. The molecule has 0 saturated carbocycles. The van der Waals surface area contributed by atoms with Crippen LogP contribution in [0.4, 0.5) is 0 Å². The molecule has 1 aliphatic rings. The van der Waals surface area contributed by atoms with Crippen molar-refractivity contribution in [2.24, 2.45) is 10.9 Å². The van der Waals surface area contributed by atoms with Crippen molar-refractivity contribution in [3.8, 4) is 0 Å². The van der Waals surface area contributed by atoms with Crippen LogP contribution in [0.3, 0.4) is 0 Å². The third kappa shape index (κ3) is 10.8. The second-order valence-electron chi connectivity index (χ2n) is 7.10. The molecule has 6 heteroatoms. The molecule has 0 aliphatic carbocycles. The van der Waals surface area contributed by atoms with Crippen molar-refractivity contribution in [1.82, 2.24) is 20.4 Å². The minimum absolute atomic E-state index is 0.608. The van der Waals surface area contributed by atoms with Gasteiger partial charge in [-0.05, 0) is 51.9 Å². The molecular formula is C18H39N5O. The molecule has 1 fully saturated rings. The summed E-state index contributed by atoms with van der Waals surface area (Å²) in [5, 5.41) is 6.75. The van der Waals surface area contributed by atoms with Crippen molar-refractivity contribution >= 4 is 5.96 Å². The van der Waals surface area contributed by atoms with Gasteiger partial charge in [-0.3, -0.25) is 4.99 Å². The number of hydrogen-bond donors (Lipinski definition) is 2. The average molecular weight is 342 g/mol. The van der Waals surface area contributed by atoms with Gasteiger partial charge in [-0.1, -0.05) is 13.8 Å². The van der Waals surface area contributed by atoms with Gasteiger partial charge in [0.05, 0.1) is 0 Å². The maximum Gasteiger partial charge on any atom is 0.190 e. The van der Waals surface area contributed by atoms with Gasteiger partial charge in [0.25, 0.3) is 0 Å². The average Bonchev–Trinajstić information content (AvgIpc) is 2.76. The Morgan fingerprint density at radius 1 is 1.08 bits per heavy atom. The Balaban J connectivity index is 2.01. The molecule has 0 radical (unpaired) electrons. The van der Waals surface area contributed by atoms with E-state index >= 15 is 0 Å². The van der Waals surface area contributed by atoms with Gasteiger partial charge in [0, 0.05) is 46.4 Å². The van der Waals surface area contributed by atoms with Crippen LogP contribution < -0.4 is 10.6 Å². The lowest BCUT2D eigenvalue weighted by molar-refractivity contribution is 0.108. The highest BCUT2D eigenvalue weighted by Gasteiger charge is 2.11. The topological polar surface area (TPSA) is 52.1 Å². The van der Waals surface area contributed by atoms with E-state index in [0.717, 1.165) is 45.1 Å². The molecule has 1 saturated heterocycles. The van der Waals surface area contributed by atoms with Gasteiger partial charge < -0.3 is 25.2 Å². The molecule has 6 nitrogen and oxygen atoms in total. The van der Waals surface area contributed by atoms with Crippen LogP contribution in [0.15, 0.2) is 4.99 Å². The third-order valence-electron chi connectivity index (χ3n) is 4.19. The highest BCUT2D eigenvalue weighted by molar-refractivity contribution is 5.79. The van der Waals surface area contributed by atoms with Gasteiger partial charge in [0.1, 0.15) is 0 Å². The first-order valence-electron chi connectivity index (χ1n) is 9.55. The predicted molar refractivity (Wildman–Crippen MR) is 103 cm³/mol. The molecule has 1 aliphatic heterocycles. The molecule has 0 spiro atoms. The molecule has 2 N–H and O–H groups in total. The second kappa shape index (κ2) is 13.4. The minimum atomic E-state index is 0.608. The molecule has 0 aromatic carbocycles. The van der Waals surface area contributed by atoms with Gasteiger partial charge in [0.2, 0.25) is 0 Å². The molecule has 0 atom stereocenters. The number of aliphatic imine (C=N–C) groups is 1. The van der Waals surface area contributed by atoms with Crippen LogP contribution in [-0.4, -0.2) is 88.9 Å². The highest BCUT2D eigenvalue weighted by Crippen LogP contribution is 2.01. The van der Waals surface area contributed by atoms with Crippen LogP contribution in [0.1, 0.15) is 33.1 Å². The van der Waals surface area contributed by atoms with E-state index in [1.54, 1.807) is 0 Å². The van der Waals surface area contributed by atoms with Gasteiger partial charge in [-0.15, -0.1) is 0 Å². The first kappa shape index (κ1) is 21.2. The SMILES string of the molecule is CN=C(NCCCOCC(C)C)NCCCN1CCCN(C)CC1. The Bertz CT molecular complexity index is 335. The van der Waals surface area contributed by atoms with Crippen LogP contribution in [0.2, 0.25) is 0 Å².